The zero-order valence-electron chi connectivity index (χ0n) is 11.7. The van der Waals surface area contributed by atoms with Gasteiger partial charge in [0.25, 0.3) is 0 Å². The molecule has 18 heavy (non-hydrogen) atoms. The van der Waals surface area contributed by atoms with E-state index in [1.807, 2.05) is 12.1 Å². The first-order valence-electron chi connectivity index (χ1n) is 6.91. The molecule has 0 amide bonds. The highest BCUT2D eigenvalue weighted by atomic mass is 16.5. The molecule has 2 N–H and O–H groups in total. The number of methoxy groups -OCH3 is 1. The maximum atomic E-state index is 5.14. The Morgan fingerprint density at radius 3 is 2.22 bits per heavy atom. The predicted octanol–water partition coefficient (Wildman–Crippen LogP) is 2.22. The number of aryl methyl sites for hydroxylation is 1. The highest BCUT2D eigenvalue weighted by molar-refractivity contribution is 5.27. The van der Waals surface area contributed by atoms with Crippen LogP contribution < -0.4 is 15.4 Å². The fourth-order valence-electron chi connectivity index (χ4n) is 1.81. The summed E-state index contributed by atoms with van der Waals surface area (Å²) in [6.45, 7) is 6.52. The molecule has 0 aromatic heterocycles. The van der Waals surface area contributed by atoms with Crippen molar-refractivity contribution in [2.75, 3.05) is 33.3 Å². The first-order chi connectivity index (χ1) is 8.86. The van der Waals surface area contributed by atoms with Crippen LogP contribution in [0.5, 0.6) is 5.75 Å². The van der Waals surface area contributed by atoms with Crippen molar-refractivity contribution in [1.29, 1.82) is 0 Å². The smallest absolute Gasteiger partial charge is 0.118 e. The minimum absolute atomic E-state index is 0.930. The number of nitrogens with one attached hydrogen (secondary N) is 2. The van der Waals surface area contributed by atoms with Gasteiger partial charge in [-0.05, 0) is 50.0 Å². The Labute approximate surface area is 111 Å². The summed E-state index contributed by atoms with van der Waals surface area (Å²) in [6.07, 6.45) is 3.51. The van der Waals surface area contributed by atoms with Gasteiger partial charge in [0.05, 0.1) is 7.11 Å². The summed E-state index contributed by atoms with van der Waals surface area (Å²) in [5, 5.41) is 6.83. The summed E-state index contributed by atoms with van der Waals surface area (Å²) in [4.78, 5) is 0. The molecule has 0 aliphatic heterocycles. The third-order valence-corrected chi connectivity index (χ3v) is 2.88. The molecule has 0 fully saturated rings. The number of rotatable bonds is 10. The van der Waals surface area contributed by atoms with Gasteiger partial charge in [-0.15, -0.1) is 0 Å². The van der Waals surface area contributed by atoms with Crippen molar-refractivity contribution < 1.29 is 4.74 Å². The maximum absolute atomic E-state index is 5.14. The van der Waals surface area contributed by atoms with Gasteiger partial charge in [-0.25, -0.2) is 0 Å². The third kappa shape index (κ3) is 6.62. The number of hydrogen-bond donors (Lipinski definition) is 2. The van der Waals surface area contributed by atoms with Gasteiger partial charge in [0.2, 0.25) is 0 Å². The minimum atomic E-state index is 0.930. The van der Waals surface area contributed by atoms with Crippen molar-refractivity contribution in [1.82, 2.24) is 10.6 Å². The van der Waals surface area contributed by atoms with Crippen LogP contribution in [0, 0.1) is 0 Å². The minimum Gasteiger partial charge on any atom is -0.497 e. The fraction of sp³-hybridized carbons (Fsp3) is 0.600. The Kier molecular flexibility index (Phi) is 8.26. The van der Waals surface area contributed by atoms with Crippen LogP contribution in [0.4, 0.5) is 0 Å². The van der Waals surface area contributed by atoms with Crippen molar-refractivity contribution in [3.05, 3.63) is 29.8 Å². The van der Waals surface area contributed by atoms with Crippen LogP contribution >= 0.6 is 0 Å². The Bertz CT molecular complexity index is 298. The lowest BCUT2D eigenvalue weighted by atomic mass is 10.1. The SMILES string of the molecule is CCCNCCNCCCc1ccc(OC)cc1. The average molecular weight is 250 g/mol. The van der Waals surface area contributed by atoms with Gasteiger partial charge in [-0.1, -0.05) is 19.1 Å². The van der Waals surface area contributed by atoms with Crippen molar-refractivity contribution in [2.45, 2.75) is 26.2 Å². The highest BCUT2D eigenvalue weighted by Gasteiger charge is 1.94. The normalized spacial score (nSPS) is 10.6. The molecule has 1 aromatic rings. The largest absolute Gasteiger partial charge is 0.497 e. The molecule has 0 radical (unpaired) electrons. The molecule has 1 rings (SSSR count). The van der Waals surface area contributed by atoms with Gasteiger partial charge < -0.3 is 15.4 Å². The molecule has 0 unspecified atom stereocenters. The first kappa shape index (κ1) is 15.0. The van der Waals surface area contributed by atoms with Crippen LogP contribution in [0.1, 0.15) is 25.3 Å². The van der Waals surface area contributed by atoms with E-state index in [9.17, 15) is 0 Å². The summed E-state index contributed by atoms with van der Waals surface area (Å²) in [5.41, 5.74) is 1.38. The van der Waals surface area contributed by atoms with Crippen LogP contribution in [0.2, 0.25) is 0 Å². The van der Waals surface area contributed by atoms with E-state index in [4.69, 9.17) is 4.74 Å². The van der Waals surface area contributed by atoms with Gasteiger partial charge in [0.15, 0.2) is 0 Å². The van der Waals surface area contributed by atoms with Gasteiger partial charge in [-0.2, -0.15) is 0 Å². The van der Waals surface area contributed by atoms with Gasteiger partial charge in [0, 0.05) is 13.1 Å². The third-order valence-electron chi connectivity index (χ3n) is 2.88. The van der Waals surface area contributed by atoms with E-state index in [2.05, 4.69) is 29.7 Å². The second-order valence-electron chi connectivity index (χ2n) is 4.45. The monoisotopic (exact) mass is 250 g/mol. The summed E-state index contributed by atoms with van der Waals surface area (Å²) < 4.78 is 5.14. The van der Waals surface area contributed by atoms with Gasteiger partial charge >= 0.3 is 0 Å². The summed E-state index contributed by atoms with van der Waals surface area (Å²) in [5.74, 6) is 0.930. The zero-order valence-corrected chi connectivity index (χ0v) is 11.7. The predicted molar refractivity (Wildman–Crippen MR) is 77.3 cm³/mol. The van der Waals surface area contributed by atoms with Gasteiger partial charge in [-0.3, -0.25) is 0 Å². The van der Waals surface area contributed by atoms with E-state index in [0.717, 1.165) is 38.3 Å². The molecule has 3 nitrogen and oxygen atoms in total. The standard InChI is InChI=1S/C15H26N2O/c1-3-10-16-12-13-17-11-4-5-14-6-8-15(18-2)9-7-14/h6-9,16-17H,3-5,10-13H2,1-2H3. The van der Waals surface area contributed by atoms with Crippen molar-refractivity contribution in [3.8, 4) is 5.75 Å². The second-order valence-corrected chi connectivity index (χ2v) is 4.45. The van der Waals surface area contributed by atoms with Crippen LogP contribution in [0.25, 0.3) is 0 Å². The van der Waals surface area contributed by atoms with Crippen LogP contribution in [-0.4, -0.2) is 33.3 Å². The molecular weight excluding hydrogens is 224 g/mol. The lowest BCUT2D eigenvalue weighted by Gasteiger charge is -2.06. The number of ether oxygens (including phenoxy) is 1. The van der Waals surface area contributed by atoms with Crippen LogP contribution in [-0.2, 0) is 6.42 Å². The second kappa shape index (κ2) is 9.92. The van der Waals surface area contributed by atoms with E-state index >= 15 is 0 Å². The van der Waals surface area contributed by atoms with Gasteiger partial charge in [0.1, 0.15) is 5.75 Å². The van der Waals surface area contributed by atoms with E-state index in [1.54, 1.807) is 7.11 Å². The molecule has 102 valence electrons. The zero-order chi connectivity index (χ0) is 13.1. The summed E-state index contributed by atoms with van der Waals surface area (Å²) in [6, 6.07) is 8.33. The molecule has 0 aliphatic carbocycles. The van der Waals surface area contributed by atoms with E-state index in [0.29, 0.717) is 0 Å². The Morgan fingerprint density at radius 2 is 1.61 bits per heavy atom. The number of hydrogen-bond acceptors (Lipinski definition) is 3. The summed E-state index contributed by atoms with van der Waals surface area (Å²) >= 11 is 0. The lowest BCUT2D eigenvalue weighted by molar-refractivity contribution is 0.414. The van der Waals surface area contributed by atoms with Crippen molar-refractivity contribution in [3.63, 3.8) is 0 Å². The average Bonchev–Trinajstić information content (AvgIpc) is 2.42. The van der Waals surface area contributed by atoms with E-state index < -0.39 is 0 Å². The molecule has 0 saturated carbocycles. The molecule has 1 aromatic carbocycles. The van der Waals surface area contributed by atoms with E-state index in [-0.39, 0.29) is 0 Å². The van der Waals surface area contributed by atoms with E-state index in [1.165, 1.54) is 18.4 Å². The maximum Gasteiger partial charge on any atom is 0.118 e. The van der Waals surface area contributed by atoms with Crippen LogP contribution in [0.3, 0.4) is 0 Å². The number of benzene rings is 1. The molecule has 0 spiro atoms. The molecule has 0 atom stereocenters. The quantitative estimate of drug-likeness (QED) is 0.625. The highest BCUT2D eigenvalue weighted by Crippen LogP contribution is 2.12. The van der Waals surface area contributed by atoms with Crippen molar-refractivity contribution in [2.24, 2.45) is 0 Å². The lowest BCUT2D eigenvalue weighted by Crippen LogP contribution is -2.28. The van der Waals surface area contributed by atoms with Crippen LogP contribution in [0.15, 0.2) is 24.3 Å². The Hall–Kier alpha value is -1.06. The van der Waals surface area contributed by atoms with Crippen molar-refractivity contribution >= 4 is 0 Å². The molecule has 0 aliphatic rings. The molecule has 0 saturated heterocycles. The topological polar surface area (TPSA) is 33.3 Å². The molecular formula is C15H26N2O. The first-order valence-corrected chi connectivity index (χ1v) is 6.91. The Morgan fingerprint density at radius 1 is 0.944 bits per heavy atom. The Balaban J connectivity index is 2.00. The molecule has 0 bridgehead atoms. The summed E-state index contributed by atoms with van der Waals surface area (Å²) in [7, 11) is 1.70. The fourth-order valence-corrected chi connectivity index (χ4v) is 1.81. The molecule has 0 heterocycles. The molecule has 3 heteroatoms.